The number of hydrogen-bond donors (Lipinski definition) is 1. The topological polar surface area (TPSA) is 46.9 Å². The molecule has 0 saturated heterocycles. The number of halogens is 2. The molecule has 2 rings (SSSR count). The summed E-state index contributed by atoms with van der Waals surface area (Å²) >= 11 is 5.76. The Balaban J connectivity index is 2.62. The van der Waals surface area contributed by atoms with Crippen molar-refractivity contribution in [3.63, 3.8) is 0 Å². The molecule has 2 aromatic rings. The van der Waals surface area contributed by atoms with Gasteiger partial charge < -0.3 is 9.88 Å². The molecule has 0 aliphatic carbocycles. The van der Waals surface area contributed by atoms with E-state index in [9.17, 15) is 9.18 Å². The molecule has 6 heteroatoms. The molecular weight excluding hydrogens is 269 g/mol. The Morgan fingerprint density at radius 3 is 2.95 bits per heavy atom. The Kier molecular flexibility index (Phi) is 4.04. The number of likely N-dealkylation sites (N-methyl/N-ethyl adjacent to an activating group) is 1. The molecule has 0 radical (unpaired) electrons. The first-order chi connectivity index (χ1) is 9.08. The number of amides is 1. The maximum atomic E-state index is 13.4. The van der Waals surface area contributed by atoms with Crippen LogP contribution in [0.4, 0.5) is 4.39 Å². The van der Waals surface area contributed by atoms with Crippen molar-refractivity contribution in [3.8, 4) is 0 Å². The maximum absolute atomic E-state index is 13.4. The van der Waals surface area contributed by atoms with Crippen LogP contribution in [-0.4, -0.2) is 28.4 Å². The van der Waals surface area contributed by atoms with Crippen LogP contribution in [0.15, 0.2) is 18.2 Å². The van der Waals surface area contributed by atoms with Crippen LogP contribution < -0.4 is 5.32 Å². The number of rotatable bonds is 4. The molecule has 1 aromatic heterocycles. The zero-order valence-corrected chi connectivity index (χ0v) is 11.5. The van der Waals surface area contributed by atoms with E-state index in [0.717, 1.165) is 0 Å². The highest BCUT2D eigenvalue weighted by Crippen LogP contribution is 2.23. The number of benzene rings is 1. The van der Waals surface area contributed by atoms with Crippen LogP contribution >= 0.6 is 11.6 Å². The first kappa shape index (κ1) is 13.8. The standard InChI is InChI=1S/C13H15ClFN3O/c1-8(13(19)16-2)18-11-7-9(15)3-4-10(11)17-12(18)5-6-14/h3-4,7-8H,5-6H2,1-2H3,(H,16,19). The van der Waals surface area contributed by atoms with Gasteiger partial charge in [0.2, 0.25) is 5.91 Å². The van der Waals surface area contributed by atoms with E-state index in [0.29, 0.717) is 29.2 Å². The zero-order chi connectivity index (χ0) is 14.0. The predicted octanol–water partition coefficient (Wildman–Crippen LogP) is 2.26. The summed E-state index contributed by atoms with van der Waals surface area (Å²) in [5.41, 5.74) is 1.27. The van der Waals surface area contributed by atoms with Crippen molar-refractivity contribution in [1.29, 1.82) is 0 Å². The van der Waals surface area contributed by atoms with Crippen molar-refractivity contribution >= 4 is 28.5 Å². The number of aromatic nitrogens is 2. The third kappa shape index (κ3) is 2.56. The number of carbonyl (C=O) groups is 1. The summed E-state index contributed by atoms with van der Waals surface area (Å²) in [5.74, 6) is 0.577. The number of nitrogens with one attached hydrogen (secondary N) is 1. The number of nitrogens with zero attached hydrogens (tertiary/aromatic N) is 2. The number of fused-ring (bicyclic) bond motifs is 1. The van der Waals surface area contributed by atoms with E-state index in [2.05, 4.69) is 10.3 Å². The lowest BCUT2D eigenvalue weighted by molar-refractivity contribution is -0.123. The molecule has 1 amide bonds. The summed E-state index contributed by atoms with van der Waals surface area (Å²) in [6, 6.07) is 3.89. The average molecular weight is 284 g/mol. The molecule has 0 fully saturated rings. The third-order valence-corrected chi connectivity index (χ3v) is 3.24. The molecule has 1 unspecified atom stereocenters. The second-order valence-electron chi connectivity index (χ2n) is 4.26. The molecule has 4 nitrogen and oxygen atoms in total. The second kappa shape index (κ2) is 5.57. The average Bonchev–Trinajstić information content (AvgIpc) is 2.74. The fraction of sp³-hybridized carbons (Fsp3) is 0.385. The molecule has 0 bridgehead atoms. The van der Waals surface area contributed by atoms with Gasteiger partial charge in [0, 0.05) is 19.3 Å². The Morgan fingerprint density at radius 2 is 2.32 bits per heavy atom. The molecule has 0 aliphatic heterocycles. The van der Waals surface area contributed by atoms with E-state index in [1.165, 1.54) is 12.1 Å². The molecule has 19 heavy (non-hydrogen) atoms. The smallest absolute Gasteiger partial charge is 0.242 e. The van der Waals surface area contributed by atoms with E-state index in [1.807, 2.05) is 0 Å². The fourth-order valence-electron chi connectivity index (χ4n) is 2.14. The molecule has 0 saturated carbocycles. The summed E-state index contributed by atoms with van der Waals surface area (Å²) in [4.78, 5) is 16.2. The van der Waals surface area contributed by atoms with E-state index in [4.69, 9.17) is 11.6 Å². The molecule has 0 spiro atoms. The van der Waals surface area contributed by atoms with Gasteiger partial charge in [-0.2, -0.15) is 0 Å². The normalized spacial score (nSPS) is 12.6. The number of imidazole rings is 1. The van der Waals surface area contributed by atoms with Crippen molar-refractivity contribution in [2.75, 3.05) is 12.9 Å². The van der Waals surface area contributed by atoms with Crippen LogP contribution in [-0.2, 0) is 11.2 Å². The van der Waals surface area contributed by atoms with Gasteiger partial charge in [0.25, 0.3) is 0 Å². The summed E-state index contributed by atoms with van der Waals surface area (Å²) in [5, 5.41) is 2.59. The van der Waals surface area contributed by atoms with E-state index in [-0.39, 0.29) is 11.7 Å². The lowest BCUT2D eigenvalue weighted by Crippen LogP contribution is -2.28. The van der Waals surface area contributed by atoms with Crippen molar-refractivity contribution in [3.05, 3.63) is 29.8 Å². The Hall–Kier alpha value is -1.62. The number of alkyl halides is 1. The number of aryl methyl sites for hydroxylation is 1. The van der Waals surface area contributed by atoms with Gasteiger partial charge in [-0.1, -0.05) is 0 Å². The third-order valence-electron chi connectivity index (χ3n) is 3.06. The number of hydrogen-bond acceptors (Lipinski definition) is 2. The SMILES string of the molecule is CNC(=O)C(C)n1c(CCCl)nc2ccc(F)cc21. The minimum atomic E-state index is -0.463. The van der Waals surface area contributed by atoms with Crippen LogP contribution in [0.2, 0.25) is 0 Å². The minimum Gasteiger partial charge on any atom is -0.357 e. The summed E-state index contributed by atoms with van der Waals surface area (Å²) in [6.45, 7) is 1.75. The molecule has 1 atom stereocenters. The van der Waals surface area contributed by atoms with Crippen LogP contribution in [0.5, 0.6) is 0 Å². The molecule has 102 valence electrons. The predicted molar refractivity (Wildman–Crippen MR) is 72.9 cm³/mol. The van der Waals surface area contributed by atoms with Gasteiger partial charge in [-0.3, -0.25) is 4.79 Å². The monoisotopic (exact) mass is 283 g/mol. The van der Waals surface area contributed by atoms with Crippen LogP contribution in [0.3, 0.4) is 0 Å². The minimum absolute atomic E-state index is 0.153. The van der Waals surface area contributed by atoms with Crippen LogP contribution in [0.25, 0.3) is 11.0 Å². The van der Waals surface area contributed by atoms with Gasteiger partial charge in [-0.15, -0.1) is 11.6 Å². The maximum Gasteiger partial charge on any atom is 0.242 e. The Labute approximate surface area is 115 Å². The van der Waals surface area contributed by atoms with E-state index < -0.39 is 6.04 Å². The molecular formula is C13H15ClFN3O. The molecule has 0 aliphatic rings. The van der Waals surface area contributed by atoms with Gasteiger partial charge in [0.05, 0.1) is 11.0 Å². The molecule has 1 aromatic carbocycles. The van der Waals surface area contributed by atoms with Gasteiger partial charge >= 0.3 is 0 Å². The highest BCUT2D eigenvalue weighted by molar-refractivity contribution is 6.17. The van der Waals surface area contributed by atoms with Gasteiger partial charge in [0.1, 0.15) is 17.7 Å². The first-order valence-corrected chi connectivity index (χ1v) is 6.56. The largest absolute Gasteiger partial charge is 0.357 e. The zero-order valence-electron chi connectivity index (χ0n) is 10.8. The summed E-state index contributed by atoms with van der Waals surface area (Å²) in [6.07, 6.45) is 0.527. The van der Waals surface area contributed by atoms with Crippen molar-refractivity contribution in [1.82, 2.24) is 14.9 Å². The Morgan fingerprint density at radius 1 is 1.58 bits per heavy atom. The lowest BCUT2D eigenvalue weighted by Gasteiger charge is -2.15. The van der Waals surface area contributed by atoms with Gasteiger partial charge in [0.15, 0.2) is 0 Å². The van der Waals surface area contributed by atoms with Crippen molar-refractivity contribution in [2.45, 2.75) is 19.4 Å². The quantitative estimate of drug-likeness (QED) is 0.875. The van der Waals surface area contributed by atoms with E-state index >= 15 is 0 Å². The van der Waals surface area contributed by atoms with Crippen molar-refractivity contribution < 1.29 is 9.18 Å². The summed E-state index contributed by atoms with van der Waals surface area (Å²) < 4.78 is 15.1. The highest BCUT2D eigenvalue weighted by atomic mass is 35.5. The second-order valence-corrected chi connectivity index (χ2v) is 4.64. The van der Waals surface area contributed by atoms with Crippen LogP contribution in [0.1, 0.15) is 18.8 Å². The van der Waals surface area contributed by atoms with Crippen molar-refractivity contribution in [2.24, 2.45) is 0 Å². The molecule has 1 N–H and O–H groups in total. The van der Waals surface area contributed by atoms with E-state index in [1.54, 1.807) is 24.6 Å². The lowest BCUT2D eigenvalue weighted by atomic mass is 10.2. The Bertz CT molecular complexity index is 611. The fourth-order valence-corrected chi connectivity index (χ4v) is 2.30. The highest BCUT2D eigenvalue weighted by Gasteiger charge is 2.20. The molecule has 1 heterocycles. The van der Waals surface area contributed by atoms with Gasteiger partial charge in [-0.25, -0.2) is 9.37 Å². The van der Waals surface area contributed by atoms with Crippen LogP contribution in [0, 0.1) is 5.82 Å². The number of carbonyl (C=O) groups excluding carboxylic acids is 1. The summed E-state index contributed by atoms with van der Waals surface area (Å²) in [7, 11) is 1.57. The van der Waals surface area contributed by atoms with Gasteiger partial charge in [-0.05, 0) is 25.1 Å². The first-order valence-electron chi connectivity index (χ1n) is 6.02.